The number of hydroxylamine groups is 4. The van der Waals surface area contributed by atoms with Crippen LogP contribution in [0.1, 0.15) is 50.9 Å². The maximum Gasteiger partial charge on any atom is 0.353 e. The summed E-state index contributed by atoms with van der Waals surface area (Å²) >= 11 is 0. The molecule has 0 heterocycles. The zero-order valence-electron chi connectivity index (χ0n) is 53.7. The number of hydrogen-bond acceptors (Lipinski definition) is 16. The van der Waals surface area contributed by atoms with Crippen molar-refractivity contribution in [3.8, 4) is 0 Å². The van der Waals surface area contributed by atoms with E-state index in [4.69, 9.17) is 56.2 Å². The molecule has 94 heavy (non-hydrogen) atoms. The Hall–Kier alpha value is -7.58. The fourth-order valence-corrected chi connectivity index (χ4v) is 11.5. The van der Waals surface area contributed by atoms with Gasteiger partial charge in [-0.05, 0) is 57.0 Å². The summed E-state index contributed by atoms with van der Waals surface area (Å²) in [5.41, 5.74) is 7.47. The normalized spacial score (nSPS) is 13.6. The molecule has 498 valence electrons. The SMILES string of the molecule is COP(=O)(/C=C/[C@@H](OCc1ccccc1)[C@H](OCc1ccccc1)[C@@H](CN(C=O)OCc1ccccc1)OCc1ccccc1)OC.COP(=O)(CC[C@@H](OCc1ccccc1)[C@H](OCc1ccccc1)[C@@H](CN(C=O)OCc1ccccc1)OCc1ccccc1)OC. The Kier molecular flexibility index (Phi) is 33.0. The molecule has 18 nitrogen and oxygen atoms in total. The second-order valence-electron chi connectivity index (χ2n) is 21.5. The predicted octanol–water partition coefficient (Wildman–Crippen LogP) is 14.5. The average molecular weight is 1320 g/mol. The van der Waals surface area contributed by atoms with Gasteiger partial charge in [0.1, 0.15) is 43.7 Å². The lowest BCUT2D eigenvalue weighted by Crippen LogP contribution is -2.48. The van der Waals surface area contributed by atoms with Gasteiger partial charge in [-0.15, -0.1) is 0 Å². The lowest BCUT2D eigenvalue weighted by Gasteiger charge is -2.35. The molecule has 20 heteroatoms. The van der Waals surface area contributed by atoms with Gasteiger partial charge in [0.15, 0.2) is 0 Å². The molecule has 0 aromatic heterocycles. The third kappa shape index (κ3) is 26.7. The number of ether oxygens (including phenoxy) is 6. The van der Waals surface area contributed by atoms with E-state index in [0.29, 0.717) is 12.8 Å². The molecule has 0 aliphatic carbocycles. The third-order valence-electron chi connectivity index (χ3n) is 14.8. The third-order valence-corrected chi connectivity index (χ3v) is 18.3. The quantitative estimate of drug-likeness (QED) is 0.0199. The van der Waals surface area contributed by atoms with Crippen molar-refractivity contribution in [1.29, 1.82) is 0 Å². The molecule has 0 aliphatic rings. The number of carbonyl (C=O) groups is 2. The molecular weight excluding hydrogens is 1230 g/mol. The van der Waals surface area contributed by atoms with E-state index in [2.05, 4.69) is 0 Å². The number of hydrogen-bond donors (Lipinski definition) is 0. The number of amides is 2. The minimum atomic E-state index is -3.57. The summed E-state index contributed by atoms with van der Waals surface area (Å²) in [4.78, 5) is 36.6. The molecule has 0 N–H and O–H groups in total. The van der Waals surface area contributed by atoms with Crippen molar-refractivity contribution in [2.75, 3.05) is 47.7 Å². The molecule has 0 spiro atoms. The standard InChI is InChI=1S/C37H44NO8P.C37H42NO8P/c2*1-41-47(40,42-2)24-23-35(43-26-31-15-7-3-8-16-31)37(45-28-33-19-11-5-12-20-33)36(44-27-32-17-9-4-10-18-32)25-38(30-39)46-29-34-21-13-6-14-22-34/h3-22,30,35-37H,23-29H2,1-2H3;3-24,30,35-37H,25-29H2,1-2H3/b;24-23+/t2*35-,36-,37+/m11/s1. The van der Waals surface area contributed by atoms with Crippen molar-refractivity contribution in [1.82, 2.24) is 10.1 Å². The van der Waals surface area contributed by atoms with E-state index >= 15 is 0 Å². The van der Waals surface area contributed by atoms with Crippen LogP contribution in [-0.2, 0) is 128 Å². The van der Waals surface area contributed by atoms with Crippen LogP contribution in [0.25, 0.3) is 0 Å². The summed E-state index contributed by atoms with van der Waals surface area (Å²) in [7, 11) is -1.59. The molecule has 8 aromatic rings. The highest BCUT2D eigenvalue weighted by atomic mass is 31.2. The molecule has 0 bridgehead atoms. The summed E-state index contributed by atoms with van der Waals surface area (Å²) in [5, 5.41) is 2.43. The first-order chi connectivity index (χ1) is 46.0. The van der Waals surface area contributed by atoms with Crippen molar-refractivity contribution >= 4 is 28.0 Å². The predicted molar refractivity (Wildman–Crippen MR) is 360 cm³/mol. The average Bonchev–Trinajstić information content (AvgIpc) is 1.35. The van der Waals surface area contributed by atoms with Crippen LogP contribution in [0.5, 0.6) is 0 Å². The zero-order valence-corrected chi connectivity index (χ0v) is 55.5. The van der Waals surface area contributed by atoms with Gasteiger partial charge in [-0.3, -0.25) is 28.4 Å². The van der Waals surface area contributed by atoms with Crippen LogP contribution in [0.3, 0.4) is 0 Å². The molecular formula is C74H86N2O16P2. The molecule has 6 atom stereocenters. The molecule has 0 fully saturated rings. The Balaban J connectivity index is 0.000000266. The zero-order chi connectivity index (χ0) is 66.3. The molecule has 0 aliphatic heterocycles. The van der Waals surface area contributed by atoms with Gasteiger partial charge >= 0.3 is 15.2 Å². The van der Waals surface area contributed by atoms with Crippen molar-refractivity contribution in [2.24, 2.45) is 0 Å². The second kappa shape index (κ2) is 42.0. The number of rotatable bonds is 43. The summed E-state index contributed by atoms with van der Waals surface area (Å²) in [6, 6.07) is 77.6. The van der Waals surface area contributed by atoms with Crippen LogP contribution in [0.15, 0.2) is 255 Å². The lowest BCUT2D eigenvalue weighted by molar-refractivity contribution is -0.208. The highest BCUT2D eigenvalue weighted by Gasteiger charge is 2.37. The fourth-order valence-electron chi connectivity index (χ4n) is 9.60. The van der Waals surface area contributed by atoms with Crippen LogP contribution in [0.2, 0.25) is 0 Å². The highest BCUT2D eigenvalue weighted by molar-refractivity contribution is 7.57. The Morgan fingerprint density at radius 1 is 0.340 bits per heavy atom. The van der Waals surface area contributed by atoms with E-state index < -0.39 is 51.8 Å². The first-order valence-electron chi connectivity index (χ1n) is 30.9. The topological polar surface area (TPSA) is 186 Å². The maximum absolute atomic E-state index is 13.2. The summed E-state index contributed by atoms with van der Waals surface area (Å²) in [6.45, 7) is 1.86. The van der Waals surface area contributed by atoms with E-state index in [1.165, 1.54) is 44.4 Å². The van der Waals surface area contributed by atoms with Crippen molar-refractivity contribution in [2.45, 2.75) is 95.9 Å². The van der Waals surface area contributed by atoms with Gasteiger partial charge in [-0.1, -0.05) is 243 Å². The number of benzene rings is 8. The van der Waals surface area contributed by atoms with Gasteiger partial charge < -0.3 is 46.5 Å². The van der Waals surface area contributed by atoms with E-state index in [0.717, 1.165) is 44.5 Å². The maximum atomic E-state index is 13.2. The van der Waals surface area contributed by atoms with E-state index in [1.54, 1.807) is 6.08 Å². The minimum absolute atomic E-state index is 0.00781. The Morgan fingerprint density at radius 3 is 0.926 bits per heavy atom. The lowest BCUT2D eigenvalue weighted by atomic mass is 10.0. The van der Waals surface area contributed by atoms with Gasteiger partial charge in [0.25, 0.3) is 0 Å². The Bertz CT molecular complexity index is 3410. The van der Waals surface area contributed by atoms with Crippen LogP contribution in [-0.4, -0.2) is 107 Å². The van der Waals surface area contributed by atoms with Crippen LogP contribution in [0.4, 0.5) is 0 Å². The number of nitrogens with zero attached hydrogens (tertiary/aromatic N) is 2. The summed E-state index contributed by atoms with van der Waals surface area (Å²) in [5.74, 6) is 1.36. The Morgan fingerprint density at radius 2 is 0.617 bits per heavy atom. The molecule has 8 rings (SSSR count). The molecule has 2 amide bonds. The van der Waals surface area contributed by atoms with Gasteiger partial charge in [0.05, 0.1) is 65.0 Å². The van der Waals surface area contributed by atoms with Gasteiger partial charge in [0.2, 0.25) is 12.8 Å². The summed E-state index contributed by atoms with van der Waals surface area (Å²) in [6.07, 6.45) is -1.27. The van der Waals surface area contributed by atoms with E-state index in [9.17, 15) is 18.7 Å². The van der Waals surface area contributed by atoms with Crippen molar-refractivity contribution in [3.05, 3.63) is 299 Å². The van der Waals surface area contributed by atoms with E-state index in [1.807, 2.05) is 243 Å². The summed E-state index contributed by atoms with van der Waals surface area (Å²) < 4.78 is 86.6. The van der Waals surface area contributed by atoms with Gasteiger partial charge in [-0.25, -0.2) is 10.1 Å². The van der Waals surface area contributed by atoms with Gasteiger partial charge in [0, 0.05) is 34.3 Å². The first kappa shape index (κ1) is 73.8. The first-order valence-corrected chi connectivity index (χ1v) is 34.2. The fraction of sp³-hybridized carbons (Fsp3) is 0.297. The van der Waals surface area contributed by atoms with Crippen molar-refractivity contribution < 1.29 is 74.9 Å². The molecule has 0 saturated heterocycles. The van der Waals surface area contributed by atoms with Crippen molar-refractivity contribution in [3.63, 3.8) is 0 Å². The molecule has 0 unspecified atom stereocenters. The van der Waals surface area contributed by atoms with E-state index in [-0.39, 0.29) is 78.5 Å². The largest absolute Gasteiger partial charge is 0.371 e. The monoisotopic (exact) mass is 1320 g/mol. The Labute approximate surface area is 553 Å². The molecule has 8 aromatic carbocycles. The number of carbonyl (C=O) groups excluding carboxylic acids is 2. The van der Waals surface area contributed by atoms with Crippen LogP contribution >= 0.6 is 15.2 Å². The van der Waals surface area contributed by atoms with Crippen LogP contribution in [0, 0.1) is 0 Å². The van der Waals surface area contributed by atoms with Gasteiger partial charge in [-0.2, -0.15) is 0 Å². The molecule has 0 saturated carbocycles. The smallest absolute Gasteiger partial charge is 0.353 e. The second-order valence-corrected chi connectivity index (χ2v) is 26.0. The highest BCUT2D eigenvalue weighted by Crippen LogP contribution is 2.49. The minimum Gasteiger partial charge on any atom is -0.371 e. The molecule has 0 radical (unpaired) electrons. The van der Waals surface area contributed by atoms with Crippen LogP contribution < -0.4 is 0 Å².